The summed E-state index contributed by atoms with van der Waals surface area (Å²) in [4.78, 5) is 0. The monoisotopic (exact) mass is 331 g/mol. The number of hydrogen-bond acceptors (Lipinski definition) is 2. The number of rotatable bonds is 5. The van der Waals surface area contributed by atoms with E-state index in [1.54, 1.807) is 12.1 Å². The van der Waals surface area contributed by atoms with Crippen molar-refractivity contribution in [3.8, 4) is 0 Å². The highest BCUT2D eigenvalue weighted by Gasteiger charge is 2.22. The maximum absolute atomic E-state index is 9.96. The quantitative estimate of drug-likeness (QED) is 0.773. The molecular weight excluding hydrogens is 316 g/mol. The van der Waals surface area contributed by atoms with Gasteiger partial charge in [0.2, 0.25) is 0 Å². The van der Waals surface area contributed by atoms with Crippen LogP contribution in [0.15, 0.2) is 12.1 Å². The van der Waals surface area contributed by atoms with E-state index in [1.807, 2.05) is 0 Å². The molecule has 18 heavy (non-hydrogen) atoms. The second kappa shape index (κ2) is 8.47. The van der Waals surface area contributed by atoms with Crippen LogP contribution in [0.5, 0.6) is 0 Å². The van der Waals surface area contributed by atoms with Gasteiger partial charge in [0.1, 0.15) is 0 Å². The smallest absolute Gasteiger partial charge is 0.0733 e. The molecule has 0 saturated carbocycles. The van der Waals surface area contributed by atoms with Crippen molar-refractivity contribution < 1.29 is 5.11 Å². The van der Waals surface area contributed by atoms with Crippen LogP contribution in [0.25, 0.3) is 0 Å². The minimum absolute atomic E-state index is 0. The first-order valence-electron chi connectivity index (χ1n) is 5.56. The van der Waals surface area contributed by atoms with E-state index < -0.39 is 12.1 Å². The third-order valence-corrected chi connectivity index (χ3v) is 3.83. The molecule has 6 heteroatoms. The minimum Gasteiger partial charge on any atom is -0.391 e. The van der Waals surface area contributed by atoms with Gasteiger partial charge in [-0.1, -0.05) is 54.6 Å². The standard InChI is InChI=1S/C12H16Cl3NO.ClH/c1-2-3-4-9(17)12(16)10-7(13)5-6-8(14)11(10)15;/h5-6,9,12,17H,2-4,16H2,1H3;1H/t9-,12-;/m1./s1. The van der Waals surface area contributed by atoms with Crippen LogP contribution in [-0.2, 0) is 0 Å². The van der Waals surface area contributed by atoms with E-state index in [4.69, 9.17) is 40.5 Å². The van der Waals surface area contributed by atoms with E-state index in [0.717, 1.165) is 12.8 Å². The van der Waals surface area contributed by atoms with Crippen molar-refractivity contribution in [1.29, 1.82) is 0 Å². The topological polar surface area (TPSA) is 46.2 Å². The normalized spacial score (nSPS) is 13.9. The fourth-order valence-electron chi connectivity index (χ4n) is 1.63. The zero-order valence-corrected chi connectivity index (χ0v) is 13.1. The van der Waals surface area contributed by atoms with Crippen LogP contribution in [0.3, 0.4) is 0 Å². The molecule has 3 N–H and O–H groups in total. The molecule has 2 nitrogen and oxygen atoms in total. The summed E-state index contributed by atoms with van der Waals surface area (Å²) in [7, 11) is 0. The first-order valence-corrected chi connectivity index (χ1v) is 6.69. The van der Waals surface area contributed by atoms with Gasteiger partial charge in [-0.05, 0) is 18.6 Å². The van der Waals surface area contributed by atoms with E-state index in [1.165, 1.54) is 0 Å². The molecule has 0 aromatic heterocycles. The highest BCUT2D eigenvalue weighted by Crippen LogP contribution is 2.36. The second-order valence-electron chi connectivity index (χ2n) is 3.99. The molecule has 0 spiro atoms. The maximum Gasteiger partial charge on any atom is 0.0733 e. The van der Waals surface area contributed by atoms with Gasteiger partial charge in [-0.25, -0.2) is 0 Å². The molecule has 2 atom stereocenters. The molecule has 1 aromatic carbocycles. The molecule has 104 valence electrons. The van der Waals surface area contributed by atoms with Gasteiger partial charge in [-0.2, -0.15) is 0 Å². The first kappa shape index (κ1) is 18.3. The zero-order valence-electron chi connectivity index (χ0n) is 10.00. The van der Waals surface area contributed by atoms with Crippen LogP contribution < -0.4 is 5.73 Å². The fourth-order valence-corrected chi connectivity index (χ4v) is 2.42. The maximum atomic E-state index is 9.96. The van der Waals surface area contributed by atoms with Crippen molar-refractivity contribution in [3.63, 3.8) is 0 Å². The summed E-state index contributed by atoms with van der Waals surface area (Å²) in [5, 5.41) is 11.1. The Morgan fingerprint density at radius 2 is 1.78 bits per heavy atom. The molecular formula is C12H17Cl4NO. The average molecular weight is 333 g/mol. The van der Waals surface area contributed by atoms with Crippen molar-refractivity contribution in [2.45, 2.75) is 38.3 Å². The van der Waals surface area contributed by atoms with Crippen LogP contribution in [0.1, 0.15) is 37.8 Å². The molecule has 0 heterocycles. The fraction of sp³-hybridized carbons (Fsp3) is 0.500. The molecule has 0 saturated heterocycles. The van der Waals surface area contributed by atoms with Crippen molar-refractivity contribution in [3.05, 3.63) is 32.8 Å². The minimum atomic E-state index is -0.664. The molecule has 0 aliphatic heterocycles. The van der Waals surface area contributed by atoms with Gasteiger partial charge in [0.15, 0.2) is 0 Å². The molecule has 0 amide bonds. The van der Waals surface area contributed by atoms with Gasteiger partial charge < -0.3 is 10.8 Å². The summed E-state index contributed by atoms with van der Waals surface area (Å²) < 4.78 is 0. The summed E-state index contributed by atoms with van der Waals surface area (Å²) in [5.74, 6) is 0. The molecule has 0 bridgehead atoms. The molecule has 0 aliphatic carbocycles. The molecule has 0 aliphatic rings. The molecule has 0 unspecified atom stereocenters. The number of benzene rings is 1. The number of halogens is 4. The molecule has 0 radical (unpaired) electrons. The number of aliphatic hydroxyl groups excluding tert-OH is 1. The Morgan fingerprint density at radius 1 is 1.22 bits per heavy atom. The Labute approximate surface area is 129 Å². The molecule has 1 aromatic rings. The second-order valence-corrected chi connectivity index (χ2v) is 5.18. The Balaban J connectivity index is 0.00000289. The number of hydrogen-bond donors (Lipinski definition) is 2. The van der Waals surface area contributed by atoms with Crippen LogP contribution in [0.2, 0.25) is 15.1 Å². The number of aliphatic hydroxyl groups is 1. The summed E-state index contributed by atoms with van der Waals surface area (Å²) >= 11 is 18.0. The Kier molecular flexibility index (Phi) is 8.61. The highest BCUT2D eigenvalue weighted by molar-refractivity contribution is 6.44. The lowest BCUT2D eigenvalue weighted by molar-refractivity contribution is 0.132. The highest BCUT2D eigenvalue weighted by atomic mass is 35.5. The van der Waals surface area contributed by atoms with Crippen LogP contribution in [0.4, 0.5) is 0 Å². The van der Waals surface area contributed by atoms with E-state index in [9.17, 15) is 5.11 Å². The van der Waals surface area contributed by atoms with Crippen molar-refractivity contribution in [2.24, 2.45) is 5.73 Å². The lowest BCUT2D eigenvalue weighted by Gasteiger charge is -2.21. The van der Waals surface area contributed by atoms with Crippen LogP contribution >= 0.6 is 47.2 Å². The SMILES string of the molecule is CCCC[C@@H](O)[C@@H](N)c1c(Cl)ccc(Cl)c1Cl.Cl. The van der Waals surface area contributed by atoms with Crippen LogP contribution in [0, 0.1) is 0 Å². The zero-order chi connectivity index (χ0) is 13.0. The Morgan fingerprint density at radius 3 is 2.33 bits per heavy atom. The first-order chi connectivity index (χ1) is 7.99. The van der Waals surface area contributed by atoms with Gasteiger partial charge in [-0.15, -0.1) is 12.4 Å². The van der Waals surface area contributed by atoms with Gasteiger partial charge >= 0.3 is 0 Å². The van der Waals surface area contributed by atoms with Gasteiger partial charge in [-0.3, -0.25) is 0 Å². The molecule has 1 rings (SSSR count). The summed E-state index contributed by atoms with van der Waals surface area (Å²) in [6.45, 7) is 2.05. The predicted octanol–water partition coefficient (Wildman–Crippen LogP) is 4.62. The Hall–Kier alpha value is 0.300. The summed E-state index contributed by atoms with van der Waals surface area (Å²) in [6, 6.07) is 2.64. The van der Waals surface area contributed by atoms with E-state index in [0.29, 0.717) is 27.1 Å². The lowest BCUT2D eigenvalue weighted by atomic mass is 9.98. The summed E-state index contributed by atoms with van der Waals surface area (Å²) in [6.07, 6.45) is 1.87. The van der Waals surface area contributed by atoms with E-state index >= 15 is 0 Å². The largest absolute Gasteiger partial charge is 0.391 e. The molecule has 0 fully saturated rings. The average Bonchev–Trinajstić information content (AvgIpc) is 2.31. The lowest BCUT2D eigenvalue weighted by Crippen LogP contribution is -2.26. The van der Waals surface area contributed by atoms with Gasteiger partial charge in [0.05, 0.1) is 22.2 Å². The third kappa shape index (κ3) is 4.44. The number of unbranched alkanes of at least 4 members (excludes halogenated alkanes) is 1. The summed E-state index contributed by atoms with van der Waals surface area (Å²) in [5.41, 5.74) is 6.49. The van der Waals surface area contributed by atoms with Gasteiger partial charge in [0, 0.05) is 10.6 Å². The van der Waals surface area contributed by atoms with Crippen molar-refractivity contribution in [1.82, 2.24) is 0 Å². The van der Waals surface area contributed by atoms with Crippen LogP contribution in [-0.4, -0.2) is 11.2 Å². The number of nitrogens with two attached hydrogens (primary N) is 1. The third-order valence-electron chi connectivity index (χ3n) is 2.68. The van der Waals surface area contributed by atoms with Crippen molar-refractivity contribution in [2.75, 3.05) is 0 Å². The van der Waals surface area contributed by atoms with E-state index in [-0.39, 0.29) is 12.4 Å². The van der Waals surface area contributed by atoms with Crippen molar-refractivity contribution >= 4 is 47.2 Å². The predicted molar refractivity (Wildman–Crippen MR) is 81.2 cm³/mol. The van der Waals surface area contributed by atoms with Gasteiger partial charge in [0.25, 0.3) is 0 Å². The van der Waals surface area contributed by atoms with E-state index in [2.05, 4.69) is 6.92 Å². The Bertz CT molecular complexity index is 387.